The number of hydrogen-bond donors (Lipinski definition) is 2. The number of aliphatic hydroxyl groups excluding tert-OH is 2. The van der Waals surface area contributed by atoms with Crippen molar-refractivity contribution in [2.45, 2.75) is 78.1 Å². The van der Waals surface area contributed by atoms with Crippen LogP contribution in [0.3, 0.4) is 0 Å². The van der Waals surface area contributed by atoms with E-state index in [9.17, 15) is 19.8 Å². The van der Waals surface area contributed by atoms with Crippen LogP contribution in [0.1, 0.15) is 59.8 Å². The Bertz CT molecular complexity index is 711. The maximum absolute atomic E-state index is 13.3. The van der Waals surface area contributed by atoms with Crippen LogP contribution in [-0.4, -0.2) is 40.3 Å². The van der Waals surface area contributed by atoms with Gasteiger partial charge >= 0.3 is 5.97 Å². The van der Waals surface area contributed by atoms with Gasteiger partial charge in [0.25, 0.3) is 0 Å². The van der Waals surface area contributed by atoms with Crippen LogP contribution in [-0.2, 0) is 14.3 Å². The molecule has 2 bridgehead atoms. The minimum atomic E-state index is -1.20. The normalized spacial score (nSPS) is 50.7. The predicted molar refractivity (Wildman–Crippen MR) is 99.6 cm³/mol. The average molecular weight is 376 g/mol. The van der Waals surface area contributed by atoms with Crippen LogP contribution in [0.15, 0.2) is 12.2 Å². The summed E-state index contributed by atoms with van der Waals surface area (Å²) in [5, 5.41) is 22.4. The summed E-state index contributed by atoms with van der Waals surface area (Å²) in [7, 11) is 0. The molecule has 2 N–H and O–H groups in total. The fourth-order valence-electron chi connectivity index (χ4n) is 7.69. The highest BCUT2D eigenvalue weighted by Gasteiger charge is 2.75. The lowest BCUT2D eigenvalue weighted by atomic mass is 9.39. The van der Waals surface area contributed by atoms with E-state index in [1.807, 2.05) is 0 Å². The molecule has 4 rings (SSSR count). The van der Waals surface area contributed by atoms with Crippen molar-refractivity contribution in [2.24, 2.45) is 34.0 Å². The van der Waals surface area contributed by atoms with Gasteiger partial charge in [0, 0.05) is 18.3 Å². The Morgan fingerprint density at radius 2 is 1.81 bits per heavy atom. The standard InChI is InChI=1S/C22H32O5/c1-11-13-6-7-14-21(5)15(10-16(24)22(14,18(11)25)19(13)26)20(3,4)9-8-17(21)27-12(2)23/h13-17,19,24,26H,1,6-10H2,2-5H3/t13-,14-,15+,16+,17+,19+,21-,22-/m0/s1. The number of Topliss-reactive ketones (excluding diaryl/α,β-unsaturated/α-hetero) is 1. The molecule has 4 fully saturated rings. The number of rotatable bonds is 1. The molecule has 1 spiro atoms. The Labute approximate surface area is 161 Å². The number of ether oxygens (including phenoxy) is 1. The fraction of sp³-hybridized carbons (Fsp3) is 0.818. The first-order valence-electron chi connectivity index (χ1n) is 10.3. The first-order chi connectivity index (χ1) is 12.5. The molecule has 0 aromatic heterocycles. The van der Waals surface area contributed by atoms with Gasteiger partial charge in [-0.2, -0.15) is 0 Å². The molecule has 8 atom stereocenters. The third kappa shape index (κ3) is 2.13. The average Bonchev–Trinajstić information content (AvgIpc) is 2.68. The fourth-order valence-corrected chi connectivity index (χ4v) is 7.69. The molecule has 0 aromatic rings. The zero-order valence-electron chi connectivity index (χ0n) is 16.8. The van der Waals surface area contributed by atoms with E-state index in [4.69, 9.17) is 4.74 Å². The molecule has 0 saturated heterocycles. The van der Waals surface area contributed by atoms with Crippen molar-refractivity contribution in [2.75, 3.05) is 0 Å². The molecule has 0 radical (unpaired) electrons. The topological polar surface area (TPSA) is 83.8 Å². The highest BCUT2D eigenvalue weighted by Crippen LogP contribution is 2.71. The highest BCUT2D eigenvalue weighted by molar-refractivity contribution is 6.04. The minimum absolute atomic E-state index is 0.0333. The third-order valence-corrected chi connectivity index (χ3v) is 8.85. The van der Waals surface area contributed by atoms with E-state index in [1.54, 1.807) is 0 Å². The quantitative estimate of drug-likeness (QED) is 0.543. The monoisotopic (exact) mass is 376 g/mol. The molecule has 0 heterocycles. The van der Waals surface area contributed by atoms with Crippen LogP contribution >= 0.6 is 0 Å². The highest BCUT2D eigenvalue weighted by atomic mass is 16.5. The van der Waals surface area contributed by atoms with E-state index in [-0.39, 0.29) is 41.0 Å². The number of ketones is 1. The maximum Gasteiger partial charge on any atom is 0.302 e. The molecule has 0 aliphatic heterocycles. The molecule has 0 unspecified atom stereocenters. The van der Waals surface area contributed by atoms with E-state index in [0.717, 1.165) is 19.3 Å². The van der Waals surface area contributed by atoms with Crippen LogP contribution in [0.5, 0.6) is 0 Å². The second kappa shape index (κ2) is 5.66. The smallest absolute Gasteiger partial charge is 0.302 e. The Morgan fingerprint density at radius 1 is 1.15 bits per heavy atom. The number of hydrogen-bond acceptors (Lipinski definition) is 5. The van der Waals surface area contributed by atoms with Crippen LogP contribution in [0.4, 0.5) is 0 Å². The molecule has 27 heavy (non-hydrogen) atoms. The number of aliphatic hydroxyl groups is 2. The van der Waals surface area contributed by atoms with E-state index >= 15 is 0 Å². The zero-order chi connectivity index (χ0) is 19.9. The molecular weight excluding hydrogens is 344 g/mol. The molecule has 0 aromatic carbocycles. The summed E-state index contributed by atoms with van der Waals surface area (Å²) < 4.78 is 5.81. The van der Waals surface area contributed by atoms with Gasteiger partial charge in [-0.1, -0.05) is 27.4 Å². The zero-order valence-corrected chi connectivity index (χ0v) is 16.8. The molecule has 5 nitrogen and oxygen atoms in total. The first-order valence-corrected chi connectivity index (χ1v) is 10.3. The predicted octanol–water partition coefficient (Wildman–Crippen LogP) is 2.64. The summed E-state index contributed by atoms with van der Waals surface area (Å²) in [6, 6.07) is 0. The Morgan fingerprint density at radius 3 is 2.44 bits per heavy atom. The molecule has 5 heteroatoms. The van der Waals surface area contributed by atoms with Gasteiger partial charge in [0.2, 0.25) is 0 Å². The summed E-state index contributed by atoms with van der Waals surface area (Å²) in [5.41, 5.74) is -1.23. The molecule has 150 valence electrons. The molecule has 4 aliphatic rings. The van der Waals surface area contributed by atoms with Gasteiger partial charge < -0.3 is 14.9 Å². The number of carbonyl (C=O) groups excluding carboxylic acids is 2. The van der Waals surface area contributed by atoms with Crippen molar-refractivity contribution in [3.05, 3.63) is 12.2 Å². The van der Waals surface area contributed by atoms with E-state index in [0.29, 0.717) is 18.4 Å². The lowest BCUT2D eigenvalue weighted by molar-refractivity contribution is -0.255. The van der Waals surface area contributed by atoms with E-state index in [1.165, 1.54) is 6.92 Å². The molecular formula is C22H32O5. The van der Waals surface area contributed by atoms with Gasteiger partial charge in [-0.15, -0.1) is 0 Å². The summed E-state index contributed by atoms with van der Waals surface area (Å²) in [6.07, 6.45) is 1.45. The third-order valence-electron chi connectivity index (χ3n) is 8.85. The first kappa shape index (κ1) is 19.1. The second-order valence-electron chi connectivity index (χ2n) is 10.3. The molecule has 4 saturated carbocycles. The van der Waals surface area contributed by atoms with Crippen LogP contribution in [0.2, 0.25) is 0 Å². The van der Waals surface area contributed by atoms with Crippen LogP contribution in [0, 0.1) is 34.0 Å². The van der Waals surface area contributed by atoms with Crippen LogP contribution < -0.4 is 0 Å². The van der Waals surface area contributed by atoms with Crippen molar-refractivity contribution in [1.29, 1.82) is 0 Å². The van der Waals surface area contributed by atoms with Crippen molar-refractivity contribution < 1.29 is 24.5 Å². The second-order valence-corrected chi connectivity index (χ2v) is 10.3. The van der Waals surface area contributed by atoms with Crippen LogP contribution in [0.25, 0.3) is 0 Å². The summed E-state index contributed by atoms with van der Waals surface area (Å²) in [4.78, 5) is 25.2. The van der Waals surface area contributed by atoms with Crippen molar-refractivity contribution in [3.63, 3.8) is 0 Å². The molecule has 0 amide bonds. The SMILES string of the molecule is C=C1C(=O)[C@@]23[C@H](O)C[C@@H]4C(C)(C)CC[C@@H](OC(C)=O)[C@@]4(C)[C@@H]2CC[C@@H]1[C@H]3O. The number of esters is 1. The summed E-state index contributed by atoms with van der Waals surface area (Å²) in [6.45, 7) is 11.9. The lowest BCUT2D eigenvalue weighted by Crippen LogP contribution is -2.70. The van der Waals surface area contributed by atoms with Gasteiger partial charge in [0.15, 0.2) is 5.78 Å². The van der Waals surface area contributed by atoms with Gasteiger partial charge in [0.1, 0.15) is 6.10 Å². The van der Waals surface area contributed by atoms with Gasteiger partial charge in [-0.05, 0) is 54.9 Å². The Kier molecular flexibility index (Phi) is 4.01. The number of carbonyl (C=O) groups is 2. The van der Waals surface area contributed by atoms with Crippen molar-refractivity contribution in [3.8, 4) is 0 Å². The maximum atomic E-state index is 13.3. The van der Waals surface area contributed by atoms with E-state index < -0.39 is 23.0 Å². The largest absolute Gasteiger partial charge is 0.462 e. The van der Waals surface area contributed by atoms with Crippen molar-refractivity contribution >= 4 is 11.8 Å². The Hall–Kier alpha value is -1.20. The van der Waals surface area contributed by atoms with Gasteiger partial charge in [0.05, 0.1) is 17.6 Å². The Balaban J connectivity index is 1.89. The number of fused-ring (bicyclic) bond motifs is 3. The van der Waals surface area contributed by atoms with Crippen molar-refractivity contribution in [1.82, 2.24) is 0 Å². The minimum Gasteiger partial charge on any atom is -0.462 e. The van der Waals surface area contributed by atoms with Gasteiger partial charge in [-0.25, -0.2) is 0 Å². The summed E-state index contributed by atoms with van der Waals surface area (Å²) >= 11 is 0. The van der Waals surface area contributed by atoms with E-state index in [2.05, 4.69) is 27.4 Å². The summed E-state index contributed by atoms with van der Waals surface area (Å²) in [5.74, 6) is -0.844. The van der Waals surface area contributed by atoms with Gasteiger partial charge in [-0.3, -0.25) is 9.59 Å². The molecule has 4 aliphatic carbocycles. The lowest BCUT2D eigenvalue weighted by Gasteiger charge is -2.66.